The molecule has 2 rings (SSSR count). The molecule has 0 unspecified atom stereocenters. The fraction of sp³-hybridized carbons (Fsp3) is 0.231. The van der Waals surface area contributed by atoms with E-state index in [0.717, 1.165) is 16.5 Å². The van der Waals surface area contributed by atoms with Crippen LogP contribution >= 0.6 is 0 Å². The van der Waals surface area contributed by atoms with Crippen molar-refractivity contribution in [3.63, 3.8) is 0 Å². The highest BCUT2D eigenvalue weighted by Gasteiger charge is 2.02. The van der Waals surface area contributed by atoms with Crippen molar-refractivity contribution in [1.29, 1.82) is 0 Å². The normalized spacial score (nSPS) is 10.3. The number of amides is 1. The number of rotatable bonds is 3. The van der Waals surface area contributed by atoms with Gasteiger partial charge in [0.25, 0.3) is 0 Å². The first-order valence-electron chi connectivity index (χ1n) is 5.40. The van der Waals surface area contributed by atoms with Gasteiger partial charge in [0.05, 0.1) is 5.52 Å². The Balaban J connectivity index is 2.27. The van der Waals surface area contributed by atoms with Crippen LogP contribution in [0.15, 0.2) is 36.5 Å². The maximum atomic E-state index is 11.2. The Kier molecular flexibility index (Phi) is 3.15. The molecular formula is C13H14N2O. The van der Waals surface area contributed by atoms with Gasteiger partial charge in [-0.05, 0) is 17.7 Å². The van der Waals surface area contributed by atoms with Crippen LogP contribution in [0.5, 0.6) is 0 Å². The average Bonchev–Trinajstić information content (AvgIpc) is 2.35. The summed E-state index contributed by atoms with van der Waals surface area (Å²) < 4.78 is 0. The zero-order valence-corrected chi connectivity index (χ0v) is 9.23. The van der Waals surface area contributed by atoms with Gasteiger partial charge in [-0.25, -0.2) is 0 Å². The SMILES string of the molecule is CCC(=O)NCc1ccnc2ccccc12. The first-order valence-corrected chi connectivity index (χ1v) is 5.40. The molecule has 1 N–H and O–H groups in total. The molecule has 0 bridgehead atoms. The third kappa shape index (κ3) is 2.19. The number of nitrogens with one attached hydrogen (secondary N) is 1. The molecule has 2 aromatic rings. The largest absolute Gasteiger partial charge is 0.352 e. The minimum absolute atomic E-state index is 0.0703. The molecule has 0 aliphatic heterocycles. The van der Waals surface area contributed by atoms with Crippen LogP contribution in [-0.4, -0.2) is 10.9 Å². The molecule has 0 spiro atoms. The number of fused-ring (bicyclic) bond motifs is 1. The van der Waals surface area contributed by atoms with Crippen LogP contribution in [0.25, 0.3) is 10.9 Å². The molecule has 3 heteroatoms. The number of hydrogen-bond acceptors (Lipinski definition) is 2. The van der Waals surface area contributed by atoms with E-state index in [4.69, 9.17) is 0 Å². The smallest absolute Gasteiger partial charge is 0.219 e. The molecule has 82 valence electrons. The maximum absolute atomic E-state index is 11.2. The molecule has 1 amide bonds. The highest BCUT2D eigenvalue weighted by atomic mass is 16.1. The Labute approximate surface area is 94.5 Å². The second-order valence-corrected chi connectivity index (χ2v) is 3.62. The van der Waals surface area contributed by atoms with E-state index >= 15 is 0 Å². The summed E-state index contributed by atoms with van der Waals surface area (Å²) in [6.45, 7) is 2.41. The van der Waals surface area contributed by atoms with Gasteiger partial charge in [-0.2, -0.15) is 0 Å². The summed E-state index contributed by atoms with van der Waals surface area (Å²) in [5.41, 5.74) is 2.07. The van der Waals surface area contributed by atoms with Crippen molar-refractivity contribution in [3.8, 4) is 0 Å². The second kappa shape index (κ2) is 4.75. The van der Waals surface area contributed by atoms with E-state index < -0.39 is 0 Å². The van der Waals surface area contributed by atoms with Gasteiger partial charge in [0.2, 0.25) is 5.91 Å². The first-order chi connectivity index (χ1) is 7.81. The quantitative estimate of drug-likeness (QED) is 0.851. The summed E-state index contributed by atoms with van der Waals surface area (Å²) in [6, 6.07) is 9.88. The van der Waals surface area contributed by atoms with Gasteiger partial charge in [-0.15, -0.1) is 0 Å². The van der Waals surface area contributed by atoms with Crippen molar-refractivity contribution in [3.05, 3.63) is 42.1 Å². The van der Waals surface area contributed by atoms with Crippen molar-refractivity contribution in [2.24, 2.45) is 0 Å². The lowest BCUT2D eigenvalue weighted by Crippen LogP contribution is -2.21. The number of carbonyl (C=O) groups excluding carboxylic acids is 1. The van der Waals surface area contributed by atoms with Crippen LogP contribution in [0.3, 0.4) is 0 Å². The number of carbonyl (C=O) groups is 1. The summed E-state index contributed by atoms with van der Waals surface area (Å²) >= 11 is 0. The second-order valence-electron chi connectivity index (χ2n) is 3.62. The van der Waals surface area contributed by atoms with Gasteiger partial charge >= 0.3 is 0 Å². The standard InChI is InChI=1S/C13H14N2O/c1-2-13(16)15-9-10-7-8-14-12-6-4-3-5-11(10)12/h3-8H,2,9H2,1H3,(H,15,16). The third-order valence-electron chi connectivity index (χ3n) is 2.54. The minimum atomic E-state index is 0.0703. The Morgan fingerprint density at radius 2 is 2.12 bits per heavy atom. The summed E-state index contributed by atoms with van der Waals surface area (Å²) in [5, 5.41) is 3.97. The predicted octanol–water partition coefficient (Wildman–Crippen LogP) is 2.26. The van der Waals surface area contributed by atoms with Gasteiger partial charge in [-0.1, -0.05) is 25.1 Å². The van der Waals surface area contributed by atoms with E-state index in [-0.39, 0.29) is 5.91 Å². The monoisotopic (exact) mass is 214 g/mol. The van der Waals surface area contributed by atoms with E-state index in [1.54, 1.807) is 6.20 Å². The summed E-state index contributed by atoms with van der Waals surface area (Å²) in [4.78, 5) is 15.5. The van der Waals surface area contributed by atoms with Gasteiger partial charge in [0.15, 0.2) is 0 Å². The van der Waals surface area contributed by atoms with E-state index in [0.29, 0.717) is 13.0 Å². The van der Waals surface area contributed by atoms with Gasteiger partial charge in [-0.3, -0.25) is 9.78 Å². The summed E-state index contributed by atoms with van der Waals surface area (Å²) in [7, 11) is 0. The molecule has 3 nitrogen and oxygen atoms in total. The summed E-state index contributed by atoms with van der Waals surface area (Å²) in [5.74, 6) is 0.0703. The molecule has 1 aromatic carbocycles. The molecule has 0 fully saturated rings. The van der Waals surface area contributed by atoms with E-state index in [1.165, 1.54) is 0 Å². The third-order valence-corrected chi connectivity index (χ3v) is 2.54. The molecular weight excluding hydrogens is 200 g/mol. The number of pyridine rings is 1. The molecule has 0 radical (unpaired) electrons. The Bertz CT molecular complexity index is 503. The fourth-order valence-corrected chi connectivity index (χ4v) is 1.63. The van der Waals surface area contributed by atoms with Crippen LogP contribution in [0.1, 0.15) is 18.9 Å². The molecule has 0 saturated carbocycles. The van der Waals surface area contributed by atoms with Crippen LogP contribution in [0.4, 0.5) is 0 Å². The number of nitrogens with zero attached hydrogens (tertiary/aromatic N) is 1. The topological polar surface area (TPSA) is 42.0 Å². The molecule has 0 saturated heterocycles. The lowest BCUT2D eigenvalue weighted by molar-refractivity contribution is -0.120. The van der Waals surface area contributed by atoms with Crippen LogP contribution in [0, 0.1) is 0 Å². The molecule has 16 heavy (non-hydrogen) atoms. The predicted molar refractivity (Wildman–Crippen MR) is 63.9 cm³/mol. The molecule has 0 aliphatic carbocycles. The zero-order chi connectivity index (χ0) is 11.4. The summed E-state index contributed by atoms with van der Waals surface area (Å²) in [6.07, 6.45) is 2.29. The lowest BCUT2D eigenvalue weighted by Gasteiger charge is -2.06. The number of para-hydroxylation sites is 1. The van der Waals surface area contributed by atoms with Gasteiger partial charge in [0.1, 0.15) is 0 Å². The first kappa shape index (κ1) is 10.6. The number of benzene rings is 1. The molecule has 1 aromatic heterocycles. The Morgan fingerprint density at radius 1 is 1.31 bits per heavy atom. The molecule has 1 heterocycles. The van der Waals surface area contributed by atoms with Crippen LogP contribution in [-0.2, 0) is 11.3 Å². The van der Waals surface area contributed by atoms with Crippen molar-refractivity contribution in [2.45, 2.75) is 19.9 Å². The van der Waals surface area contributed by atoms with Crippen molar-refractivity contribution in [2.75, 3.05) is 0 Å². The van der Waals surface area contributed by atoms with E-state index in [2.05, 4.69) is 10.3 Å². The lowest BCUT2D eigenvalue weighted by atomic mass is 10.1. The highest BCUT2D eigenvalue weighted by Crippen LogP contribution is 2.15. The van der Waals surface area contributed by atoms with Crippen LogP contribution < -0.4 is 5.32 Å². The maximum Gasteiger partial charge on any atom is 0.219 e. The van der Waals surface area contributed by atoms with Gasteiger partial charge < -0.3 is 5.32 Å². The Hall–Kier alpha value is -1.90. The average molecular weight is 214 g/mol. The minimum Gasteiger partial charge on any atom is -0.352 e. The van der Waals surface area contributed by atoms with E-state index in [9.17, 15) is 4.79 Å². The highest BCUT2D eigenvalue weighted by molar-refractivity contribution is 5.82. The van der Waals surface area contributed by atoms with Crippen molar-refractivity contribution >= 4 is 16.8 Å². The zero-order valence-electron chi connectivity index (χ0n) is 9.23. The van der Waals surface area contributed by atoms with Crippen molar-refractivity contribution in [1.82, 2.24) is 10.3 Å². The Morgan fingerprint density at radius 3 is 2.94 bits per heavy atom. The number of aromatic nitrogens is 1. The molecule has 0 atom stereocenters. The van der Waals surface area contributed by atoms with E-state index in [1.807, 2.05) is 37.3 Å². The fourth-order valence-electron chi connectivity index (χ4n) is 1.63. The van der Waals surface area contributed by atoms with Gasteiger partial charge in [0, 0.05) is 24.5 Å². The molecule has 0 aliphatic rings. The van der Waals surface area contributed by atoms with Crippen molar-refractivity contribution < 1.29 is 4.79 Å². The number of hydrogen-bond donors (Lipinski definition) is 1. The van der Waals surface area contributed by atoms with Crippen LogP contribution in [0.2, 0.25) is 0 Å².